The minimum absolute atomic E-state index is 0.00445. The number of ether oxygens (including phenoxy) is 3. The molecule has 0 spiro atoms. The fourth-order valence-electron chi connectivity index (χ4n) is 6.27. The third-order valence-electron chi connectivity index (χ3n) is 9.27. The van der Waals surface area contributed by atoms with Crippen molar-refractivity contribution in [2.45, 2.75) is 116 Å². The summed E-state index contributed by atoms with van der Waals surface area (Å²) in [6, 6.07) is -5.95. The van der Waals surface area contributed by atoms with Crippen LogP contribution in [0, 0.1) is 5.92 Å². The molecular formula is C25H49N7O12. The van der Waals surface area contributed by atoms with Crippen LogP contribution in [-0.4, -0.2) is 176 Å². The van der Waals surface area contributed by atoms with Crippen LogP contribution in [0.4, 0.5) is 0 Å². The lowest BCUT2D eigenvalue weighted by molar-refractivity contribution is -0.307. The highest BCUT2D eigenvalue weighted by Crippen LogP contribution is 2.38. The molecule has 2 aliphatic carbocycles. The Morgan fingerprint density at radius 1 is 0.932 bits per heavy atom. The maximum absolute atomic E-state index is 12.9. The summed E-state index contributed by atoms with van der Waals surface area (Å²) in [4.78, 5) is 12.9. The van der Waals surface area contributed by atoms with E-state index in [2.05, 4.69) is 10.6 Å². The zero-order valence-electron chi connectivity index (χ0n) is 24.2. The second-order valence-corrected chi connectivity index (χ2v) is 12.5. The van der Waals surface area contributed by atoms with Crippen LogP contribution in [0.15, 0.2) is 0 Å². The highest BCUT2D eigenvalue weighted by molar-refractivity contribution is 5.89. The lowest BCUT2D eigenvalue weighted by Gasteiger charge is -2.52. The normalized spacial score (nSPS) is 50.2. The average molecular weight is 640 g/mol. The summed E-state index contributed by atoms with van der Waals surface area (Å²) in [6.07, 6.45) is -14.1. The second-order valence-electron chi connectivity index (χ2n) is 12.5. The van der Waals surface area contributed by atoms with Crippen LogP contribution in [-0.2, 0) is 19.0 Å². The monoisotopic (exact) mass is 639 g/mol. The molecule has 0 radical (unpaired) electrons. The molecule has 2 heterocycles. The van der Waals surface area contributed by atoms with Crippen molar-refractivity contribution in [2.75, 3.05) is 26.3 Å². The number of amides is 1. The van der Waals surface area contributed by atoms with E-state index in [1.807, 2.05) is 0 Å². The fraction of sp³-hybridized carbons (Fsp3) is 0.960. The quantitative estimate of drug-likeness (QED) is 0.0997. The van der Waals surface area contributed by atoms with Crippen molar-refractivity contribution in [1.29, 1.82) is 0 Å². The van der Waals surface area contributed by atoms with E-state index in [1.54, 1.807) is 0 Å². The predicted molar refractivity (Wildman–Crippen MR) is 149 cm³/mol. The molecule has 2 aliphatic heterocycles. The van der Waals surface area contributed by atoms with E-state index < -0.39 is 122 Å². The summed E-state index contributed by atoms with van der Waals surface area (Å²) >= 11 is 0. The predicted octanol–water partition coefficient (Wildman–Crippen LogP) is -9.48. The van der Waals surface area contributed by atoms with E-state index >= 15 is 0 Å². The number of nitrogens with two attached hydrogens (primary N) is 5. The third-order valence-corrected chi connectivity index (χ3v) is 9.27. The first-order valence-corrected chi connectivity index (χ1v) is 14.8. The molecule has 0 aromatic rings. The number of carbonyl (C=O) groups is 1. The lowest BCUT2D eigenvalue weighted by Crippen LogP contribution is -2.72. The Labute approximate surface area is 253 Å². The smallest absolute Gasteiger partial charge is 0.253 e. The van der Waals surface area contributed by atoms with Crippen molar-refractivity contribution in [1.82, 2.24) is 10.6 Å². The molecule has 20 N–H and O–H groups in total. The van der Waals surface area contributed by atoms with Crippen LogP contribution >= 0.6 is 0 Å². The zero-order valence-corrected chi connectivity index (χ0v) is 24.2. The summed E-state index contributed by atoms with van der Waals surface area (Å²) in [5, 5.41) is 89.0. The molecular weight excluding hydrogens is 590 g/mol. The molecule has 4 rings (SSSR count). The molecule has 0 aromatic heterocycles. The van der Waals surface area contributed by atoms with Gasteiger partial charge in [0.2, 0.25) is 0 Å². The van der Waals surface area contributed by atoms with E-state index in [4.69, 9.17) is 48.0 Å². The Kier molecular flexibility index (Phi) is 11.6. The number of rotatable bonds is 11. The van der Waals surface area contributed by atoms with Gasteiger partial charge >= 0.3 is 0 Å². The summed E-state index contributed by atoms with van der Waals surface area (Å²) < 4.78 is 17.6. The molecule has 256 valence electrons. The highest BCUT2D eigenvalue weighted by atomic mass is 16.7. The maximum atomic E-state index is 12.9. The van der Waals surface area contributed by atoms with Gasteiger partial charge in [-0.1, -0.05) is 0 Å². The fourth-order valence-corrected chi connectivity index (χ4v) is 6.27. The number of hydrogen-bond acceptors (Lipinski definition) is 18. The molecule has 44 heavy (non-hydrogen) atoms. The van der Waals surface area contributed by atoms with E-state index in [-0.39, 0.29) is 32.5 Å². The van der Waals surface area contributed by atoms with Crippen LogP contribution in [0.3, 0.4) is 0 Å². The first kappa shape index (κ1) is 35.6. The molecule has 0 bridgehead atoms. The van der Waals surface area contributed by atoms with E-state index in [0.717, 1.165) is 0 Å². The van der Waals surface area contributed by atoms with Crippen molar-refractivity contribution < 1.29 is 59.9 Å². The first-order valence-electron chi connectivity index (χ1n) is 14.8. The van der Waals surface area contributed by atoms with Crippen LogP contribution in [0.1, 0.15) is 12.8 Å². The number of nitrogens with one attached hydrogen (secondary N) is 2. The number of aliphatic hydroxyl groups is 8. The van der Waals surface area contributed by atoms with Crippen LogP contribution in [0.25, 0.3) is 0 Å². The summed E-state index contributed by atoms with van der Waals surface area (Å²) in [5.41, 5.74) is 28.3. The third kappa shape index (κ3) is 7.04. The van der Waals surface area contributed by atoms with E-state index in [1.165, 1.54) is 0 Å². The molecule has 4 aliphatic rings. The molecule has 18 unspecified atom stereocenters. The van der Waals surface area contributed by atoms with Crippen LogP contribution in [0.5, 0.6) is 0 Å². The van der Waals surface area contributed by atoms with Crippen molar-refractivity contribution in [2.24, 2.45) is 34.6 Å². The van der Waals surface area contributed by atoms with Gasteiger partial charge in [-0.05, 0) is 6.42 Å². The Morgan fingerprint density at radius 2 is 1.59 bits per heavy atom. The second kappa shape index (κ2) is 14.3. The Bertz CT molecular complexity index is 974. The molecule has 2 saturated carbocycles. The van der Waals surface area contributed by atoms with E-state index in [0.29, 0.717) is 0 Å². The molecule has 19 nitrogen and oxygen atoms in total. The Balaban J connectivity index is 1.58. The molecule has 2 saturated heterocycles. The van der Waals surface area contributed by atoms with Gasteiger partial charge in [-0.25, -0.2) is 0 Å². The molecule has 1 amide bonds. The van der Waals surface area contributed by atoms with Gasteiger partial charge in [-0.2, -0.15) is 0 Å². The van der Waals surface area contributed by atoms with Crippen molar-refractivity contribution in [3.63, 3.8) is 0 Å². The van der Waals surface area contributed by atoms with Gasteiger partial charge in [0.05, 0.1) is 49.7 Å². The van der Waals surface area contributed by atoms with Gasteiger partial charge in [0.25, 0.3) is 5.91 Å². The minimum Gasteiger partial charge on any atom is -0.395 e. The number of hydrogen-bond donors (Lipinski definition) is 15. The first-order chi connectivity index (χ1) is 20.7. The Morgan fingerprint density at radius 3 is 2.18 bits per heavy atom. The van der Waals surface area contributed by atoms with Crippen LogP contribution < -0.4 is 39.3 Å². The van der Waals surface area contributed by atoms with Gasteiger partial charge < -0.3 is 94.4 Å². The molecule has 4 fully saturated rings. The number of aliphatic hydroxyl groups excluding tert-OH is 7. The average Bonchev–Trinajstić information content (AvgIpc) is 3.62. The zero-order chi connectivity index (χ0) is 32.7. The molecule has 19 heteroatoms. The standard InChI is InChI=1S/C25H49N7O12/c26-7(5-33)3-31-4-10-17(36)19(38)15(30)22(42-10)13-8(27)1-9(32-24(40)25(41)2-12(25)28)21(18(13)37)44-23-20(39)14(29)16(35)11(6-34)43-23/h7-23,31,33-39,41H,1-6,26-30H2,(H,32,40). The highest BCUT2D eigenvalue weighted by Gasteiger charge is 2.60. The summed E-state index contributed by atoms with van der Waals surface area (Å²) in [5.74, 6) is -1.91. The van der Waals surface area contributed by atoms with Crippen molar-refractivity contribution >= 4 is 5.91 Å². The van der Waals surface area contributed by atoms with Gasteiger partial charge in [-0.15, -0.1) is 0 Å². The molecule has 0 aromatic carbocycles. The van der Waals surface area contributed by atoms with Gasteiger partial charge in [-0.3, -0.25) is 4.79 Å². The van der Waals surface area contributed by atoms with Gasteiger partial charge in [0, 0.05) is 43.6 Å². The topological polar surface area (TPSA) is 361 Å². The van der Waals surface area contributed by atoms with Gasteiger partial charge in [0.1, 0.15) is 36.6 Å². The minimum atomic E-state index is -1.83. The summed E-state index contributed by atoms with van der Waals surface area (Å²) in [6.45, 7) is -0.790. The van der Waals surface area contributed by atoms with Crippen molar-refractivity contribution in [3.8, 4) is 0 Å². The SMILES string of the molecule is NC(CO)CNCC1OC(C2C(N)CC(NC(=O)C3(O)CC3N)C(OC3OC(CO)C(O)C(N)C3O)C2O)C(N)C(O)C1O. The van der Waals surface area contributed by atoms with E-state index in [9.17, 15) is 40.5 Å². The van der Waals surface area contributed by atoms with Crippen molar-refractivity contribution in [3.05, 3.63) is 0 Å². The Hall–Kier alpha value is -1.21. The van der Waals surface area contributed by atoms with Gasteiger partial charge in [0.15, 0.2) is 11.9 Å². The lowest BCUT2D eigenvalue weighted by atomic mass is 9.71. The molecule has 18 atom stereocenters. The summed E-state index contributed by atoms with van der Waals surface area (Å²) in [7, 11) is 0. The maximum Gasteiger partial charge on any atom is 0.253 e. The largest absolute Gasteiger partial charge is 0.395 e. The van der Waals surface area contributed by atoms with Crippen LogP contribution in [0.2, 0.25) is 0 Å². The number of carbonyl (C=O) groups excluding carboxylic acids is 1.